The van der Waals surface area contributed by atoms with Crippen LogP contribution in [-0.2, 0) is 0 Å². The van der Waals surface area contributed by atoms with Crippen LogP contribution in [0.4, 0.5) is 0 Å². The summed E-state index contributed by atoms with van der Waals surface area (Å²) in [5, 5.41) is 3.28. The van der Waals surface area contributed by atoms with Gasteiger partial charge in [0.25, 0.3) is 0 Å². The Balaban J connectivity index is 2.17. The van der Waals surface area contributed by atoms with Crippen molar-refractivity contribution in [3.63, 3.8) is 0 Å². The molecule has 0 fully saturated rings. The fourth-order valence-corrected chi connectivity index (χ4v) is 2.21. The van der Waals surface area contributed by atoms with Gasteiger partial charge in [-0.1, -0.05) is 12.1 Å². The maximum absolute atomic E-state index is 4.43. The molecule has 0 aliphatic carbocycles. The van der Waals surface area contributed by atoms with Crippen LogP contribution in [0.3, 0.4) is 0 Å². The van der Waals surface area contributed by atoms with Crippen LogP contribution >= 0.6 is 0 Å². The van der Waals surface area contributed by atoms with Gasteiger partial charge in [-0.3, -0.25) is 9.97 Å². The van der Waals surface area contributed by atoms with Gasteiger partial charge in [-0.2, -0.15) is 0 Å². The number of hydrogen-bond acceptors (Lipinski definition) is 5. The summed E-state index contributed by atoms with van der Waals surface area (Å²) in [6, 6.07) is 5.99. The molecule has 5 heteroatoms. The standard InChI is InChI=1S/C14H13N5/c1-15-13(10-7-16-9-17-8-10)11-3-2-4-12-14(11)19-6-5-18-12/h2-9,13,15H,1H3. The van der Waals surface area contributed by atoms with E-state index in [1.807, 2.05) is 37.6 Å². The monoisotopic (exact) mass is 251 g/mol. The zero-order valence-corrected chi connectivity index (χ0v) is 10.5. The highest BCUT2D eigenvalue weighted by atomic mass is 14.9. The molecule has 19 heavy (non-hydrogen) atoms. The number of fused-ring (bicyclic) bond motifs is 1. The van der Waals surface area contributed by atoms with Gasteiger partial charge >= 0.3 is 0 Å². The summed E-state index contributed by atoms with van der Waals surface area (Å²) < 4.78 is 0. The molecular formula is C14H13N5. The first kappa shape index (κ1) is 11.7. The SMILES string of the molecule is CNC(c1cncnc1)c1cccc2nccnc12. The summed E-state index contributed by atoms with van der Waals surface area (Å²) in [6.07, 6.45) is 8.55. The number of nitrogens with zero attached hydrogens (tertiary/aromatic N) is 4. The maximum atomic E-state index is 4.43. The third kappa shape index (κ3) is 2.15. The second-order valence-corrected chi connectivity index (χ2v) is 4.16. The highest BCUT2D eigenvalue weighted by molar-refractivity contribution is 5.78. The predicted molar refractivity (Wildman–Crippen MR) is 72.5 cm³/mol. The number of aromatic nitrogens is 4. The van der Waals surface area contributed by atoms with Crippen LogP contribution in [0.25, 0.3) is 11.0 Å². The quantitative estimate of drug-likeness (QED) is 0.768. The molecule has 1 N–H and O–H groups in total. The van der Waals surface area contributed by atoms with Crippen molar-refractivity contribution in [1.82, 2.24) is 25.3 Å². The Kier molecular flexibility index (Phi) is 3.12. The first-order chi connectivity index (χ1) is 9.40. The third-order valence-corrected chi connectivity index (χ3v) is 3.04. The normalized spacial score (nSPS) is 12.5. The van der Waals surface area contributed by atoms with E-state index in [4.69, 9.17) is 0 Å². The van der Waals surface area contributed by atoms with Crippen molar-refractivity contribution in [2.75, 3.05) is 7.05 Å². The van der Waals surface area contributed by atoms with Crippen molar-refractivity contribution in [2.24, 2.45) is 0 Å². The number of para-hydroxylation sites is 1. The molecular weight excluding hydrogens is 238 g/mol. The molecule has 2 heterocycles. The Morgan fingerprint density at radius 2 is 1.84 bits per heavy atom. The van der Waals surface area contributed by atoms with E-state index >= 15 is 0 Å². The van der Waals surface area contributed by atoms with Crippen LogP contribution in [-0.4, -0.2) is 27.0 Å². The number of benzene rings is 1. The van der Waals surface area contributed by atoms with Gasteiger partial charge in [0.15, 0.2) is 0 Å². The van der Waals surface area contributed by atoms with Gasteiger partial charge in [-0.25, -0.2) is 9.97 Å². The van der Waals surface area contributed by atoms with E-state index in [2.05, 4.69) is 25.3 Å². The Bertz CT molecular complexity index is 678. The molecule has 0 saturated heterocycles. The van der Waals surface area contributed by atoms with Crippen LogP contribution in [0, 0.1) is 0 Å². The highest BCUT2D eigenvalue weighted by Crippen LogP contribution is 2.25. The second-order valence-electron chi connectivity index (χ2n) is 4.16. The third-order valence-electron chi connectivity index (χ3n) is 3.04. The Morgan fingerprint density at radius 3 is 2.63 bits per heavy atom. The van der Waals surface area contributed by atoms with Crippen molar-refractivity contribution in [2.45, 2.75) is 6.04 Å². The topological polar surface area (TPSA) is 63.6 Å². The molecule has 5 nitrogen and oxygen atoms in total. The maximum Gasteiger partial charge on any atom is 0.115 e. The summed E-state index contributed by atoms with van der Waals surface area (Å²) >= 11 is 0. The Hall–Kier alpha value is -2.40. The predicted octanol–water partition coefficient (Wildman–Crippen LogP) is 1.73. The lowest BCUT2D eigenvalue weighted by Crippen LogP contribution is -2.18. The first-order valence-electron chi connectivity index (χ1n) is 6.02. The highest BCUT2D eigenvalue weighted by Gasteiger charge is 2.16. The van der Waals surface area contributed by atoms with E-state index in [1.165, 1.54) is 6.33 Å². The van der Waals surface area contributed by atoms with E-state index in [9.17, 15) is 0 Å². The summed E-state index contributed by atoms with van der Waals surface area (Å²) in [5.74, 6) is 0. The molecule has 1 atom stereocenters. The zero-order chi connectivity index (χ0) is 13.1. The molecule has 2 aromatic heterocycles. The minimum Gasteiger partial charge on any atom is -0.309 e. The van der Waals surface area contributed by atoms with Crippen molar-refractivity contribution >= 4 is 11.0 Å². The van der Waals surface area contributed by atoms with Crippen LogP contribution in [0.5, 0.6) is 0 Å². The zero-order valence-electron chi connectivity index (χ0n) is 10.5. The van der Waals surface area contributed by atoms with Crippen molar-refractivity contribution in [3.05, 3.63) is 60.4 Å². The van der Waals surface area contributed by atoms with Gasteiger partial charge in [0, 0.05) is 35.9 Å². The van der Waals surface area contributed by atoms with E-state index < -0.39 is 0 Å². The largest absolute Gasteiger partial charge is 0.309 e. The molecule has 0 saturated carbocycles. The summed E-state index contributed by atoms with van der Waals surface area (Å²) in [5.41, 5.74) is 3.86. The molecule has 0 spiro atoms. The molecule has 3 rings (SSSR count). The van der Waals surface area contributed by atoms with E-state index in [1.54, 1.807) is 12.4 Å². The molecule has 1 unspecified atom stereocenters. The average Bonchev–Trinajstić information content (AvgIpc) is 2.49. The molecule has 0 radical (unpaired) electrons. The van der Waals surface area contributed by atoms with Gasteiger partial charge in [-0.05, 0) is 13.1 Å². The van der Waals surface area contributed by atoms with Crippen molar-refractivity contribution in [1.29, 1.82) is 0 Å². The minimum absolute atomic E-state index is 0.00148. The van der Waals surface area contributed by atoms with Crippen molar-refractivity contribution < 1.29 is 0 Å². The number of hydrogen-bond donors (Lipinski definition) is 1. The van der Waals surface area contributed by atoms with Crippen molar-refractivity contribution in [3.8, 4) is 0 Å². The molecule has 94 valence electrons. The molecule has 1 aromatic carbocycles. The van der Waals surface area contributed by atoms with E-state index in [0.29, 0.717) is 0 Å². The van der Waals surface area contributed by atoms with E-state index in [0.717, 1.165) is 22.2 Å². The van der Waals surface area contributed by atoms with Gasteiger partial charge < -0.3 is 5.32 Å². The molecule has 0 aliphatic heterocycles. The van der Waals surface area contributed by atoms with Crippen LogP contribution in [0.15, 0.2) is 49.3 Å². The lowest BCUT2D eigenvalue weighted by molar-refractivity contribution is 0.688. The summed E-state index contributed by atoms with van der Waals surface area (Å²) in [7, 11) is 1.91. The first-order valence-corrected chi connectivity index (χ1v) is 6.02. The summed E-state index contributed by atoms with van der Waals surface area (Å²) in [4.78, 5) is 16.9. The lowest BCUT2D eigenvalue weighted by atomic mass is 10.00. The van der Waals surface area contributed by atoms with Crippen LogP contribution < -0.4 is 5.32 Å². The second kappa shape index (κ2) is 5.07. The molecule has 0 amide bonds. The van der Waals surface area contributed by atoms with Crippen LogP contribution in [0.1, 0.15) is 17.2 Å². The van der Waals surface area contributed by atoms with Gasteiger partial charge in [-0.15, -0.1) is 0 Å². The fraction of sp³-hybridized carbons (Fsp3) is 0.143. The van der Waals surface area contributed by atoms with E-state index in [-0.39, 0.29) is 6.04 Å². The number of nitrogens with one attached hydrogen (secondary N) is 1. The average molecular weight is 251 g/mol. The van der Waals surface area contributed by atoms with Gasteiger partial charge in [0.1, 0.15) is 6.33 Å². The van der Waals surface area contributed by atoms with Gasteiger partial charge in [0.05, 0.1) is 17.1 Å². The van der Waals surface area contributed by atoms with Crippen LogP contribution in [0.2, 0.25) is 0 Å². The molecule has 0 bridgehead atoms. The summed E-state index contributed by atoms with van der Waals surface area (Å²) in [6.45, 7) is 0. The smallest absolute Gasteiger partial charge is 0.115 e. The molecule has 0 aliphatic rings. The fourth-order valence-electron chi connectivity index (χ4n) is 2.21. The Labute approximate surface area is 110 Å². The molecule has 3 aromatic rings. The van der Waals surface area contributed by atoms with Gasteiger partial charge in [0.2, 0.25) is 0 Å². The Morgan fingerprint density at radius 1 is 1.05 bits per heavy atom. The lowest BCUT2D eigenvalue weighted by Gasteiger charge is -2.17. The number of rotatable bonds is 3. The minimum atomic E-state index is 0.00148.